The molecule has 3 aromatic rings. The Bertz CT molecular complexity index is 1090. The van der Waals surface area contributed by atoms with Crippen molar-refractivity contribution in [3.05, 3.63) is 71.1 Å². The highest BCUT2D eigenvalue weighted by Crippen LogP contribution is 2.36. The molecule has 0 fully saturated rings. The zero-order chi connectivity index (χ0) is 24.0. The number of carboxylic acids is 1. The van der Waals surface area contributed by atoms with E-state index in [-0.39, 0.29) is 18.7 Å². The molecule has 0 bridgehead atoms. The van der Waals surface area contributed by atoms with Gasteiger partial charge in [-0.15, -0.1) is 0 Å². The van der Waals surface area contributed by atoms with E-state index in [0.29, 0.717) is 28.6 Å². The first-order chi connectivity index (χ1) is 15.9. The van der Waals surface area contributed by atoms with Gasteiger partial charge in [-0.2, -0.15) is 0 Å². The summed E-state index contributed by atoms with van der Waals surface area (Å²) in [5, 5.41) is 13.9. The summed E-state index contributed by atoms with van der Waals surface area (Å²) in [6.45, 7) is 1.55. The Kier molecular flexibility index (Phi) is 7.55. The van der Waals surface area contributed by atoms with Crippen LogP contribution in [0, 0.1) is 6.92 Å². The first kappa shape index (κ1) is 23.6. The van der Waals surface area contributed by atoms with Gasteiger partial charge in [-0.1, -0.05) is 35.5 Å². The van der Waals surface area contributed by atoms with Crippen molar-refractivity contribution >= 4 is 11.9 Å². The number of nitrogens with zero attached hydrogens (tertiary/aromatic N) is 2. The van der Waals surface area contributed by atoms with Gasteiger partial charge in [0, 0.05) is 24.6 Å². The Balaban J connectivity index is 2.09. The molecule has 1 amide bonds. The summed E-state index contributed by atoms with van der Waals surface area (Å²) in [5.41, 5.74) is 1.28. The highest BCUT2D eigenvalue weighted by atomic mass is 16.5. The van der Waals surface area contributed by atoms with Crippen LogP contribution >= 0.6 is 0 Å². The van der Waals surface area contributed by atoms with Crippen molar-refractivity contribution in [3.8, 4) is 17.2 Å². The molecule has 0 spiro atoms. The number of hydrogen-bond acceptors (Lipinski definition) is 7. The van der Waals surface area contributed by atoms with Gasteiger partial charge in [0.15, 0.2) is 5.69 Å². The number of ether oxygens (including phenoxy) is 3. The molecular formula is C24H26N2O7. The van der Waals surface area contributed by atoms with Gasteiger partial charge in [-0.3, -0.25) is 4.79 Å². The van der Waals surface area contributed by atoms with Crippen LogP contribution in [0.3, 0.4) is 0 Å². The van der Waals surface area contributed by atoms with Crippen molar-refractivity contribution in [2.24, 2.45) is 0 Å². The third-order valence-corrected chi connectivity index (χ3v) is 5.19. The molecule has 0 radical (unpaired) electrons. The van der Waals surface area contributed by atoms with Crippen LogP contribution in [0.5, 0.6) is 17.2 Å². The average Bonchev–Trinajstić information content (AvgIpc) is 3.27. The van der Waals surface area contributed by atoms with E-state index < -0.39 is 17.9 Å². The van der Waals surface area contributed by atoms with E-state index >= 15 is 0 Å². The summed E-state index contributed by atoms with van der Waals surface area (Å²) in [6, 6.07) is 12.7. The number of rotatable bonds is 10. The van der Waals surface area contributed by atoms with E-state index in [2.05, 4.69) is 5.16 Å². The number of carbonyl (C=O) groups excluding carboxylic acids is 1. The van der Waals surface area contributed by atoms with Gasteiger partial charge >= 0.3 is 5.97 Å². The molecule has 1 N–H and O–H groups in total. The molecule has 3 rings (SSSR count). The Hall–Kier alpha value is -4.01. The molecule has 174 valence electrons. The zero-order valence-corrected chi connectivity index (χ0v) is 18.9. The van der Waals surface area contributed by atoms with Gasteiger partial charge in [-0.25, -0.2) is 4.79 Å². The summed E-state index contributed by atoms with van der Waals surface area (Å²) in [7, 11) is 4.46. The highest BCUT2D eigenvalue weighted by molar-refractivity contribution is 5.95. The van der Waals surface area contributed by atoms with Crippen molar-refractivity contribution < 1.29 is 33.4 Å². The van der Waals surface area contributed by atoms with Crippen LogP contribution in [0.4, 0.5) is 0 Å². The number of aryl methyl sites for hydroxylation is 1. The number of amides is 1. The van der Waals surface area contributed by atoms with Crippen LogP contribution in [0.15, 0.2) is 53.1 Å². The molecule has 0 aliphatic carbocycles. The van der Waals surface area contributed by atoms with Gasteiger partial charge in [0.25, 0.3) is 5.91 Å². The molecule has 9 nitrogen and oxygen atoms in total. The van der Waals surface area contributed by atoms with Crippen LogP contribution in [-0.4, -0.2) is 54.4 Å². The standard InChI is InChI=1S/C24H26N2O7/c1-15-10-19(25-33-15)23(27)26(20(24(28)29)11-16-8-6-5-7-9-16)14-18-21(31-3)12-17(30-2)13-22(18)32-4/h5-10,12-13,20H,11,14H2,1-4H3,(H,28,29)/t20-/m0/s1. The SMILES string of the molecule is COc1cc(OC)c(CN(C(=O)c2cc(C)on2)[C@@H](Cc2ccccc2)C(=O)O)c(OC)c1. The molecule has 1 aromatic heterocycles. The van der Waals surface area contributed by atoms with Gasteiger partial charge in [0.05, 0.1) is 33.4 Å². The molecule has 0 aliphatic heterocycles. The molecule has 1 heterocycles. The first-order valence-corrected chi connectivity index (χ1v) is 10.2. The van der Waals surface area contributed by atoms with Crippen molar-refractivity contribution in [2.45, 2.75) is 25.9 Å². The van der Waals surface area contributed by atoms with Crippen molar-refractivity contribution in [1.82, 2.24) is 10.1 Å². The molecule has 0 saturated carbocycles. The minimum absolute atomic E-state index is 0.0123. The summed E-state index contributed by atoms with van der Waals surface area (Å²) in [6.07, 6.45) is 0.0968. The average molecular weight is 454 g/mol. The van der Waals surface area contributed by atoms with E-state index in [1.807, 2.05) is 30.3 Å². The van der Waals surface area contributed by atoms with E-state index in [4.69, 9.17) is 18.7 Å². The Labute approximate surface area is 191 Å². The molecule has 1 atom stereocenters. The molecule has 0 unspecified atom stereocenters. The Morgan fingerprint density at radius 3 is 2.15 bits per heavy atom. The maximum Gasteiger partial charge on any atom is 0.326 e. The van der Waals surface area contributed by atoms with Crippen LogP contribution in [0.1, 0.15) is 27.4 Å². The van der Waals surface area contributed by atoms with Crippen LogP contribution in [0.2, 0.25) is 0 Å². The third-order valence-electron chi connectivity index (χ3n) is 5.19. The lowest BCUT2D eigenvalue weighted by molar-refractivity contribution is -0.142. The zero-order valence-electron chi connectivity index (χ0n) is 18.9. The second kappa shape index (κ2) is 10.5. The van der Waals surface area contributed by atoms with E-state index in [1.165, 1.54) is 32.3 Å². The molecule has 0 aliphatic rings. The highest BCUT2D eigenvalue weighted by Gasteiger charge is 2.34. The van der Waals surface area contributed by atoms with Crippen molar-refractivity contribution in [1.29, 1.82) is 0 Å². The number of hydrogen-bond donors (Lipinski definition) is 1. The maximum atomic E-state index is 13.5. The molecule has 2 aromatic carbocycles. The number of benzene rings is 2. The van der Waals surface area contributed by atoms with E-state index in [9.17, 15) is 14.7 Å². The minimum atomic E-state index is -1.19. The van der Waals surface area contributed by atoms with Crippen molar-refractivity contribution in [2.75, 3.05) is 21.3 Å². The predicted molar refractivity (Wildman–Crippen MR) is 119 cm³/mol. The first-order valence-electron chi connectivity index (χ1n) is 10.2. The lowest BCUT2D eigenvalue weighted by Crippen LogP contribution is -2.46. The molecule has 33 heavy (non-hydrogen) atoms. The third kappa shape index (κ3) is 5.43. The van der Waals surface area contributed by atoms with Gasteiger partial charge in [0.2, 0.25) is 0 Å². The Morgan fingerprint density at radius 1 is 1.03 bits per heavy atom. The number of methoxy groups -OCH3 is 3. The normalized spacial score (nSPS) is 11.5. The summed E-state index contributed by atoms with van der Waals surface area (Å²) in [5.74, 6) is -0.0216. The predicted octanol–water partition coefficient (Wildman–Crippen LogP) is 3.35. The second-order valence-electron chi connectivity index (χ2n) is 7.31. The van der Waals surface area contributed by atoms with E-state index in [0.717, 1.165) is 5.56 Å². The lowest BCUT2D eigenvalue weighted by atomic mass is 10.0. The number of carbonyl (C=O) groups is 2. The van der Waals surface area contributed by atoms with Gasteiger partial charge in [0.1, 0.15) is 29.1 Å². The van der Waals surface area contributed by atoms with Crippen LogP contribution < -0.4 is 14.2 Å². The summed E-state index contributed by atoms with van der Waals surface area (Å²) < 4.78 is 21.3. The lowest BCUT2D eigenvalue weighted by Gasteiger charge is -2.30. The monoisotopic (exact) mass is 454 g/mol. The minimum Gasteiger partial charge on any atom is -0.496 e. The van der Waals surface area contributed by atoms with E-state index in [1.54, 1.807) is 19.1 Å². The molecule has 0 saturated heterocycles. The fourth-order valence-corrected chi connectivity index (χ4v) is 3.51. The number of aromatic nitrogens is 1. The van der Waals surface area contributed by atoms with Gasteiger partial charge in [-0.05, 0) is 12.5 Å². The van der Waals surface area contributed by atoms with Crippen LogP contribution in [-0.2, 0) is 17.8 Å². The second-order valence-corrected chi connectivity index (χ2v) is 7.31. The fourth-order valence-electron chi connectivity index (χ4n) is 3.51. The van der Waals surface area contributed by atoms with Crippen molar-refractivity contribution in [3.63, 3.8) is 0 Å². The molecular weight excluding hydrogens is 428 g/mol. The summed E-state index contributed by atoms with van der Waals surface area (Å²) in [4.78, 5) is 27.1. The fraction of sp³-hybridized carbons (Fsp3) is 0.292. The largest absolute Gasteiger partial charge is 0.496 e. The quantitative estimate of drug-likeness (QED) is 0.497. The topological polar surface area (TPSA) is 111 Å². The maximum absolute atomic E-state index is 13.5. The Morgan fingerprint density at radius 2 is 1.67 bits per heavy atom. The summed E-state index contributed by atoms with van der Waals surface area (Å²) >= 11 is 0. The number of carboxylic acid groups (broad SMARTS) is 1. The molecule has 9 heteroatoms. The van der Waals surface area contributed by atoms with Crippen LogP contribution in [0.25, 0.3) is 0 Å². The smallest absolute Gasteiger partial charge is 0.326 e. The van der Waals surface area contributed by atoms with Gasteiger partial charge < -0.3 is 28.7 Å². The number of aliphatic carboxylic acids is 1.